The van der Waals surface area contributed by atoms with Crippen LogP contribution in [0.5, 0.6) is 5.75 Å². The number of nitrogens with one attached hydrogen (secondary N) is 1. The Kier molecular flexibility index (Phi) is 3.84. The molecule has 0 saturated heterocycles. The number of aryl methyl sites for hydroxylation is 1. The summed E-state index contributed by atoms with van der Waals surface area (Å²) in [6.07, 6.45) is -1.97. The number of nitrogens with zero attached hydrogens (tertiary/aromatic N) is 4. The van der Waals surface area contributed by atoms with Crippen molar-refractivity contribution in [3.05, 3.63) is 35.5 Å². The van der Waals surface area contributed by atoms with Gasteiger partial charge in [0.05, 0.1) is 11.1 Å². The molecule has 0 bridgehead atoms. The van der Waals surface area contributed by atoms with Crippen molar-refractivity contribution >= 4 is 38.5 Å². The maximum absolute atomic E-state index is 12.3. The number of aromatic nitrogens is 4. The lowest BCUT2D eigenvalue weighted by molar-refractivity contribution is -0.274. The number of amides is 1. The van der Waals surface area contributed by atoms with E-state index >= 15 is 0 Å². The third-order valence-corrected chi connectivity index (χ3v) is 4.98. The van der Waals surface area contributed by atoms with E-state index in [9.17, 15) is 18.0 Å². The van der Waals surface area contributed by atoms with E-state index in [2.05, 4.69) is 20.1 Å². The molecule has 0 fully saturated rings. The summed E-state index contributed by atoms with van der Waals surface area (Å²) in [6, 6.07) is 4.36. The molecule has 11 heteroatoms. The van der Waals surface area contributed by atoms with Crippen molar-refractivity contribution in [1.29, 1.82) is 0 Å². The number of carbonyl (C=O) groups excluding carboxylic acids is 1. The van der Waals surface area contributed by atoms with Gasteiger partial charge in [0, 0.05) is 31.1 Å². The number of ether oxygens (including phenoxy) is 1. The zero-order valence-electron chi connectivity index (χ0n) is 14.0. The molecule has 0 aliphatic heterocycles. The van der Waals surface area contributed by atoms with Gasteiger partial charge in [0.15, 0.2) is 5.65 Å². The summed E-state index contributed by atoms with van der Waals surface area (Å²) < 4.78 is 44.2. The predicted molar refractivity (Wildman–Crippen MR) is 93.3 cm³/mol. The Hall–Kier alpha value is -3.08. The first kappa shape index (κ1) is 17.3. The number of alkyl halides is 3. The van der Waals surface area contributed by atoms with Crippen LogP contribution in [0.4, 0.5) is 13.2 Å². The minimum Gasteiger partial charge on any atom is -0.404 e. The van der Waals surface area contributed by atoms with Crippen molar-refractivity contribution in [2.75, 3.05) is 7.05 Å². The van der Waals surface area contributed by atoms with E-state index in [1.54, 1.807) is 29.4 Å². The predicted octanol–water partition coefficient (Wildman–Crippen LogP) is 3.23. The largest absolute Gasteiger partial charge is 0.573 e. The van der Waals surface area contributed by atoms with Crippen molar-refractivity contribution in [2.24, 2.45) is 7.05 Å². The Morgan fingerprint density at radius 3 is 2.70 bits per heavy atom. The molecule has 0 radical (unpaired) electrons. The highest BCUT2D eigenvalue weighted by Gasteiger charge is 2.31. The molecule has 4 heterocycles. The van der Waals surface area contributed by atoms with E-state index in [1.807, 2.05) is 6.20 Å². The van der Waals surface area contributed by atoms with Gasteiger partial charge in [-0.1, -0.05) is 0 Å². The van der Waals surface area contributed by atoms with Gasteiger partial charge in [0.1, 0.15) is 16.4 Å². The topological polar surface area (TPSA) is 74.0 Å². The first-order valence-electron chi connectivity index (χ1n) is 7.68. The first-order valence-corrected chi connectivity index (χ1v) is 8.50. The highest BCUT2D eigenvalue weighted by Crippen LogP contribution is 2.36. The Labute approximate surface area is 154 Å². The van der Waals surface area contributed by atoms with Gasteiger partial charge < -0.3 is 10.1 Å². The summed E-state index contributed by atoms with van der Waals surface area (Å²) in [5.41, 5.74) is 0.596. The number of hydrogen-bond donors (Lipinski definition) is 1. The van der Waals surface area contributed by atoms with Crippen LogP contribution in [-0.4, -0.2) is 38.6 Å². The fourth-order valence-electron chi connectivity index (χ4n) is 2.81. The van der Waals surface area contributed by atoms with E-state index in [4.69, 9.17) is 0 Å². The second kappa shape index (κ2) is 5.98. The molecule has 4 aromatic rings. The van der Waals surface area contributed by atoms with Crippen molar-refractivity contribution in [1.82, 2.24) is 24.6 Å². The van der Waals surface area contributed by atoms with Crippen LogP contribution in [0, 0.1) is 0 Å². The van der Waals surface area contributed by atoms with E-state index in [0.717, 1.165) is 21.8 Å². The molecule has 0 atom stereocenters. The molecular weight excluding hydrogens is 383 g/mol. The first-order chi connectivity index (χ1) is 12.8. The van der Waals surface area contributed by atoms with Crippen LogP contribution in [0.15, 0.2) is 30.6 Å². The summed E-state index contributed by atoms with van der Waals surface area (Å²) >= 11 is 1.25. The Balaban J connectivity index is 1.88. The monoisotopic (exact) mass is 395 g/mol. The number of thiophene rings is 1. The van der Waals surface area contributed by atoms with Gasteiger partial charge in [-0.3, -0.25) is 14.0 Å². The van der Waals surface area contributed by atoms with Gasteiger partial charge in [-0.05, 0) is 18.2 Å². The molecule has 0 aromatic carbocycles. The normalized spacial score (nSPS) is 12.0. The third kappa shape index (κ3) is 2.99. The number of rotatable bonds is 3. The zero-order valence-corrected chi connectivity index (χ0v) is 14.9. The molecule has 4 rings (SSSR count). The summed E-state index contributed by atoms with van der Waals surface area (Å²) in [7, 11) is 3.30. The van der Waals surface area contributed by atoms with Crippen LogP contribution in [-0.2, 0) is 7.05 Å². The van der Waals surface area contributed by atoms with Gasteiger partial charge in [-0.15, -0.1) is 24.5 Å². The maximum atomic E-state index is 12.3. The van der Waals surface area contributed by atoms with E-state index in [0.29, 0.717) is 16.3 Å². The lowest BCUT2D eigenvalue weighted by Gasteiger charge is -2.09. The summed E-state index contributed by atoms with van der Waals surface area (Å²) in [5, 5.41) is 8.62. The molecule has 1 amide bonds. The van der Waals surface area contributed by atoms with Crippen molar-refractivity contribution in [3.63, 3.8) is 0 Å². The lowest BCUT2D eigenvalue weighted by atomic mass is 10.3. The van der Waals surface area contributed by atoms with Crippen LogP contribution in [0.2, 0.25) is 0 Å². The molecule has 140 valence electrons. The molecular formula is C16H12F3N5O2S. The van der Waals surface area contributed by atoms with Gasteiger partial charge in [-0.25, -0.2) is 4.98 Å². The second-order valence-electron chi connectivity index (χ2n) is 5.68. The molecule has 4 aromatic heterocycles. The summed E-state index contributed by atoms with van der Waals surface area (Å²) in [4.78, 5) is 17.3. The van der Waals surface area contributed by atoms with Crippen LogP contribution < -0.4 is 10.1 Å². The Bertz CT molecular complexity index is 1160. The van der Waals surface area contributed by atoms with Gasteiger partial charge >= 0.3 is 6.36 Å². The van der Waals surface area contributed by atoms with E-state index in [-0.39, 0.29) is 5.91 Å². The van der Waals surface area contributed by atoms with Crippen LogP contribution >= 0.6 is 11.3 Å². The number of hydrogen-bond acceptors (Lipinski definition) is 5. The van der Waals surface area contributed by atoms with Crippen molar-refractivity contribution in [3.8, 4) is 11.6 Å². The Morgan fingerprint density at radius 1 is 1.30 bits per heavy atom. The highest BCUT2D eigenvalue weighted by atomic mass is 32.1. The molecule has 7 nitrogen and oxygen atoms in total. The number of pyridine rings is 1. The smallest absolute Gasteiger partial charge is 0.404 e. The molecule has 27 heavy (non-hydrogen) atoms. The van der Waals surface area contributed by atoms with Gasteiger partial charge in [-0.2, -0.15) is 5.10 Å². The van der Waals surface area contributed by atoms with Gasteiger partial charge in [0.2, 0.25) is 0 Å². The quantitative estimate of drug-likeness (QED) is 0.578. The highest BCUT2D eigenvalue weighted by molar-refractivity contribution is 7.20. The van der Waals surface area contributed by atoms with E-state index in [1.165, 1.54) is 23.5 Å². The van der Waals surface area contributed by atoms with E-state index < -0.39 is 12.1 Å². The number of halogens is 3. The standard InChI is InChI=1S/C16H12F3N5O2S/c1-20-14(25)11-5-9-10-7-23(2)22-13(10)24(15(9)27-11)12-4-3-8(6-21-12)26-16(17,18)19/h3-7H,1-2H3,(H,20,25). The van der Waals surface area contributed by atoms with Crippen LogP contribution in [0.25, 0.3) is 27.1 Å². The van der Waals surface area contributed by atoms with Gasteiger partial charge in [0.25, 0.3) is 5.91 Å². The fourth-order valence-corrected chi connectivity index (χ4v) is 3.94. The zero-order chi connectivity index (χ0) is 19.3. The van der Waals surface area contributed by atoms with Crippen molar-refractivity contribution in [2.45, 2.75) is 6.36 Å². The minimum atomic E-state index is -4.78. The van der Waals surface area contributed by atoms with Crippen LogP contribution in [0.1, 0.15) is 9.67 Å². The Morgan fingerprint density at radius 2 is 2.07 bits per heavy atom. The SMILES string of the molecule is CNC(=O)c1cc2c3cn(C)nc3n(-c3ccc(OC(F)(F)F)cn3)c2s1. The number of carbonyl (C=O) groups is 1. The van der Waals surface area contributed by atoms with Crippen molar-refractivity contribution < 1.29 is 22.7 Å². The molecule has 0 saturated carbocycles. The average molecular weight is 395 g/mol. The third-order valence-electron chi connectivity index (χ3n) is 3.86. The molecule has 0 aliphatic rings. The summed E-state index contributed by atoms with van der Waals surface area (Å²) in [6.45, 7) is 0. The molecule has 0 spiro atoms. The fraction of sp³-hybridized carbons (Fsp3) is 0.188. The molecule has 0 aliphatic carbocycles. The maximum Gasteiger partial charge on any atom is 0.573 e. The average Bonchev–Trinajstić information content (AvgIpc) is 3.24. The minimum absolute atomic E-state index is 0.221. The summed E-state index contributed by atoms with van der Waals surface area (Å²) in [5.74, 6) is -0.264. The molecule has 0 unspecified atom stereocenters. The van der Waals surface area contributed by atoms with Crippen LogP contribution in [0.3, 0.4) is 0 Å². The second-order valence-corrected chi connectivity index (χ2v) is 6.71. The molecule has 1 N–H and O–H groups in total. The number of fused-ring (bicyclic) bond motifs is 3. The lowest BCUT2D eigenvalue weighted by Crippen LogP contribution is -2.17.